The number of ether oxygens (including phenoxy) is 4. The number of carbonyl (C=O) groups excluding carboxylic acids is 5. The SMILES string of the molecule is CCO/N=C(\C(=O)COS(=O)(=O)c1ccc(C)cc1)C(=O)NC1C(=O)N2C(C(=O)OC(C)OC(=O)OCC)=C(COC)CS[C@H]12. The van der Waals surface area contributed by atoms with E-state index in [-0.39, 0.29) is 36.2 Å². The standard InChI is InChI=1S/C27H33N3O13S2/c1-6-39-27(35)43-16(4)42-26(34)22-17(12-38-5)14-44-25-21(24(33)30(22)25)28-23(32)20(29-40-7-2)19(31)13-41-45(36,37)18-10-8-15(3)9-11-18/h8-11,16,21,25H,6-7,12-14H2,1-5H3,(H,28,32)/b29-20+/t16?,21?,25-/m1/s1. The van der Waals surface area contributed by atoms with Gasteiger partial charge in [0.15, 0.2) is 0 Å². The van der Waals surface area contributed by atoms with Crippen LogP contribution in [0.5, 0.6) is 0 Å². The summed E-state index contributed by atoms with van der Waals surface area (Å²) in [7, 11) is -2.95. The number of amides is 2. The summed E-state index contributed by atoms with van der Waals surface area (Å²) < 4.78 is 49.7. The fourth-order valence-electron chi connectivity index (χ4n) is 4.01. The minimum Gasteiger partial charge on any atom is -0.435 e. The first-order chi connectivity index (χ1) is 21.3. The predicted octanol–water partition coefficient (Wildman–Crippen LogP) is 1.02. The van der Waals surface area contributed by atoms with Gasteiger partial charge >= 0.3 is 12.1 Å². The van der Waals surface area contributed by atoms with Crippen molar-refractivity contribution in [3.63, 3.8) is 0 Å². The van der Waals surface area contributed by atoms with Crippen molar-refractivity contribution in [1.82, 2.24) is 10.2 Å². The number of ketones is 1. The summed E-state index contributed by atoms with van der Waals surface area (Å²) in [6.45, 7) is 5.07. The summed E-state index contributed by atoms with van der Waals surface area (Å²) in [5.74, 6) is -3.76. The Bertz CT molecular complexity index is 1470. The number of hydrogen-bond acceptors (Lipinski definition) is 15. The van der Waals surface area contributed by atoms with Crippen LogP contribution >= 0.6 is 11.8 Å². The average molecular weight is 672 g/mol. The number of benzene rings is 1. The summed E-state index contributed by atoms with van der Waals surface area (Å²) in [5, 5.41) is 5.11. The van der Waals surface area contributed by atoms with Gasteiger partial charge in [0.25, 0.3) is 21.9 Å². The summed E-state index contributed by atoms with van der Waals surface area (Å²) in [5.41, 5.74) is 0.235. The Morgan fingerprint density at radius 2 is 1.80 bits per heavy atom. The molecule has 2 amide bonds. The maximum Gasteiger partial charge on any atom is 0.511 e. The highest BCUT2D eigenvalue weighted by atomic mass is 32.2. The molecule has 2 unspecified atom stereocenters. The molecule has 0 radical (unpaired) electrons. The molecule has 45 heavy (non-hydrogen) atoms. The largest absolute Gasteiger partial charge is 0.511 e. The first-order valence-electron chi connectivity index (χ1n) is 13.5. The van der Waals surface area contributed by atoms with Crippen LogP contribution in [0.2, 0.25) is 0 Å². The van der Waals surface area contributed by atoms with Crippen LogP contribution in [0.1, 0.15) is 26.3 Å². The van der Waals surface area contributed by atoms with Crippen LogP contribution in [0.3, 0.4) is 0 Å². The van der Waals surface area contributed by atoms with Crippen molar-refractivity contribution in [3.8, 4) is 0 Å². The van der Waals surface area contributed by atoms with E-state index in [0.29, 0.717) is 5.57 Å². The van der Waals surface area contributed by atoms with E-state index in [0.717, 1.165) is 10.5 Å². The molecule has 1 aromatic rings. The van der Waals surface area contributed by atoms with Crippen LogP contribution in [-0.2, 0) is 57.3 Å². The number of nitrogens with zero attached hydrogens (tertiary/aromatic N) is 2. The van der Waals surface area contributed by atoms with Gasteiger partial charge in [0.1, 0.15) is 30.3 Å². The molecule has 2 aliphatic heterocycles. The number of β-lactam (4-membered cyclic amide) rings is 1. The van der Waals surface area contributed by atoms with Gasteiger partial charge in [-0.15, -0.1) is 11.8 Å². The fraction of sp³-hybridized carbons (Fsp3) is 0.481. The van der Waals surface area contributed by atoms with E-state index in [9.17, 15) is 32.4 Å². The third-order valence-electron chi connectivity index (χ3n) is 6.06. The molecule has 2 aliphatic rings. The molecule has 2 heterocycles. The lowest BCUT2D eigenvalue weighted by atomic mass is 10.0. The Morgan fingerprint density at radius 3 is 2.42 bits per heavy atom. The molecule has 16 nitrogen and oxygen atoms in total. The lowest BCUT2D eigenvalue weighted by molar-refractivity contribution is -0.169. The van der Waals surface area contributed by atoms with Gasteiger partial charge in [0.05, 0.1) is 18.1 Å². The highest BCUT2D eigenvalue weighted by Crippen LogP contribution is 2.40. The Kier molecular flexibility index (Phi) is 12.5. The molecule has 0 aromatic heterocycles. The number of Topliss-reactive ketones (excluding diaryl/α,β-unsaturated/α-hetero) is 1. The number of thioether (sulfide) groups is 1. The number of carbonyl (C=O) groups is 5. The second-order valence-corrected chi connectivity index (χ2v) is 12.1. The number of oxime groups is 1. The highest BCUT2D eigenvalue weighted by Gasteiger charge is 2.55. The van der Waals surface area contributed by atoms with Gasteiger partial charge in [0.2, 0.25) is 17.8 Å². The fourth-order valence-corrected chi connectivity index (χ4v) is 6.20. The van der Waals surface area contributed by atoms with E-state index in [4.69, 9.17) is 23.2 Å². The maximum absolute atomic E-state index is 13.2. The van der Waals surface area contributed by atoms with Gasteiger partial charge in [-0.1, -0.05) is 22.9 Å². The van der Waals surface area contributed by atoms with Gasteiger partial charge < -0.3 is 29.1 Å². The quantitative estimate of drug-likeness (QED) is 0.0527. The summed E-state index contributed by atoms with van der Waals surface area (Å²) in [6.07, 6.45) is -2.41. The van der Waals surface area contributed by atoms with Crippen molar-refractivity contribution >= 4 is 57.3 Å². The van der Waals surface area contributed by atoms with Crippen molar-refractivity contribution in [2.45, 2.75) is 50.3 Å². The van der Waals surface area contributed by atoms with Gasteiger partial charge in [-0.2, -0.15) is 8.42 Å². The van der Waals surface area contributed by atoms with Crippen molar-refractivity contribution in [2.24, 2.45) is 5.16 Å². The molecule has 1 saturated heterocycles. The number of esters is 1. The second kappa shape index (κ2) is 15.8. The van der Waals surface area contributed by atoms with Crippen LogP contribution in [0, 0.1) is 6.92 Å². The van der Waals surface area contributed by atoms with Crippen LogP contribution in [0.25, 0.3) is 0 Å². The van der Waals surface area contributed by atoms with Crippen molar-refractivity contribution < 1.29 is 60.4 Å². The summed E-state index contributed by atoms with van der Waals surface area (Å²) >= 11 is 1.20. The van der Waals surface area contributed by atoms with Crippen molar-refractivity contribution in [2.75, 3.05) is 39.3 Å². The molecular weight excluding hydrogens is 638 g/mol. The zero-order valence-electron chi connectivity index (χ0n) is 25.1. The minimum absolute atomic E-state index is 0.0246. The lowest BCUT2D eigenvalue weighted by Crippen LogP contribution is -2.71. The molecule has 1 aromatic carbocycles. The van der Waals surface area contributed by atoms with E-state index in [1.54, 1.807) is 26.0 Å². The number of rotatable bonds is 15. The van der Waals surface area contributed by atoms with Gasteiger partial charge in [-0.3, -0.25) is 23.5 Å². The van der Waals surface area contributed by atoms with E-state index in [2.05, 4.69) is 15.2 Å². The van der Waals surface area contributed by atoms with E-state index < -0.39 is 69.9 Å². The van der Waals surface area contributed by atoms with Crippen LogP contribution in [0.15, 0.2) is 45.6 Å². The van der Waals surface area contributed by atoms with Gasteiger partial charge in [-0.25, -0.2) is 9.59 Å². The molecule has 0 aliphatic carbocycles. The Hall–Kier alpha value is -4.00. The predicted molar refractivity (Wildman–Crippen MR) is 156 cm³/mol. The first-order valence-corrected chi connectivity index (χ1v) is 16.0. The van der Waals surface area contributed by atoms with E-state index in [1.165, 1.54) is 44.9 Å². The molecule has 18 heteroatoms. The number of nitrogens with one attached hydrogen (secondary N) is 1. The zero-order valence-corrected chi connectivity index (χ0v) is 26.7. The lowest BCUT2D eigenvalue weighted by Gasteiger charge is -2.49. The third-order valence-corrected chi connectivity index (χ3v) is 8.68. The Labute approximate surface area is 263 Å². The van der Waals surface area contributed by atoms with Gasteiger partial charge in [0, 0.05) is 19.8 Å². The van der Waals surface area contributed by atoms with Crippen molar-refractivity contribution in [1.29, 1.82) is 0 Å². The van der Waals surface area contributed by atoms with Crippen LogP contribution < -0.4 is 5.32 Å². The molecule has 0 bridgehead atoms. The Balaban J connectivity index is 1.72. The molecule has 3 rings (SSSR count). The van der Waals surface area contributed by atoms with Gasteiger partial charge in [-0.05, 0) is 38.5 Å². The molecule has 1 N–H and O–H groups in total. The smallest absolute Gasteiger partial charge is 0.435 e. The number of aryl methyl sites for hydroxylation is 1. The topological polar surface area (TPSA) is 202 Å². The van der Waals surface area contributed by atoms with E-state index in [1.807, 2.05) is 0 Å². The summed E-state index contributed by atoms with van der Waals surface area (Å²) in [6, 6.07) is 4.49. The summed E-state index contributed by atoms with van der Waals surface area (Å²) in [4.78, 5) is 69.7. The van der Waals surface area contributed by atoms with Crippen LogP contribution in [-0.4, -0.2) is 106 Å². The second-order valence-electron chi connectivity index (χ2n) is 9.33. The first kappa shape index (κ1) is 35.5. The molecular formula is C27H33N3O13S2. The van der Waals surface area contributed by atoms with E-state index >= 15 is 0 Å². The number of methoxy groups -OCH3 is 1. The molecule has 1 fully saturated rings. The molecule has 0 spiro atoms. The normalized spacial score (nSPS) is 18.7. The monoisotopic (exact) mass is 671 g/mol. The Morgan fingerprint density at radius 1 is 1.11 bits per heavy atom. The molecule has 246 valence electrons. The van der Waals surface area contributed by atoms with Crippen molar-refractivity contribution in [3.05, 3.63) is 41.1 Å². The average Bonchev–Trinajstić information content (AvgIpc) is 2.99. The van der Waals surface area contributed by atoms with Crippen LogP contribution in [0.4, 0.5) is 4.79 Å². The molecule has 3 atom stereocenters. The maximum atomic E-state index is 13.2. The third kappa shape index (κ3) is 8.80. The zero-order chi connectivity index (χ0) is 33.3. The molecule has 0 saturated carbocycles. The number of fused-ring (bicyclic) bond motifs is 1. The highest BCUT2D eigenvalue weighted by molar-refractivity contribution is 8.00. The number of hydrogen-bond donors (Lipinski definition) is 1. The minimum atomic E-state index is -4.34.